The maximum atomic E-state index is 5.41. The summed E-state index contributed by atoms with van der Waals surface area (Å²) in [4.78, 5) is 0. The van der Waals surface area contributed by atoms with Crippen LogP contribution in [0, 0.1) is 0 Å². The minimum absolute atomic E-state index is 0.0359. The summed E-state index contributed by atoms with van der Waals surface area (Å²) in [6, 6.07) is 12.0. The lowest BCUT2D eigenvalue weighted by molar-refractivity contribution is 0.0206. The molecule has 0 aliphatic carbocycles. The number of ether oxygens (including phenoxy) is 1. The molecule has 13 heavy (non-hydrogen) atoms. The molecule has 2 nitrogen and oxygen atoms in total. The van der Waals surface area contributed by atoms with Crippen LogP contribution in [0.1, 0.15) is 19.3 Å². The highest BCUT2D eigenvalue weighted by atomic mass is 16.5. The van der Waals surface area contributed by atoms with Crippen LogP contribution in [0.3, 0.4) is 0 Å². The zero-order valence-corrected chi connectivity index (χ0v) is 7.86. The standard InChI is InChI=1S/C6H6.C5H11NO/c1-2-4-6-5-3-1;6-5-3-1-2-4-7-5/h1-6H;5H,1-4,6H2. The van der Waals surface area contributed by atoms with Gasteiger partial charge >= 0.3 is 0 Å². The largest absolute Gasteiger partial charge is 0.364 e. The van der Waals surface area contributed by atoms with Crippen LogP contribution in [0.4, 0.5) is 0 Å². The zero-order chi connectivity index (χ0) is 9.36. The second-order valence-electron chi connectivity index (χ2n) is 3.06. The summed E-state index contributed by atoms with van der Waals surface area (Å²) >= 11 is 0. The topological polar surface area (TPSA) is 35.2 Å². The molecule has 1 aliphatic heterocycles. The second-order valence-corrected chi connectivity index (χ2v) is 3.06. The molecule has 72 valence electrons. The highest BCUT2D eigenvalue weighted by molar-refractivity contribution is 4.99. The van der Waals surface area contributed by atoms with Crippen molar-refractivity contribution in [3.63, 3.8) is 0 Å². The van der Waals surface area contributed by atoms with Crippen LogP contribution < -0.4 is 5.73 Å². The fourth-order valence-electron chi connectivity index (χ4n) is 1.15. The van der Waals surface area contributed by atoms with Crippen LogP contribution >= 0.6 is 0 Å². The summed E-state index contributed by atoms with van der Waals surface area (Å²) in [6.45, 7) is 0.862. The van der Waals surface area contributed by atoms with Gasteiger partial charge in [0.2, 0.25) is 0 Å². The number of benzene rings is 1. The second kappa shape index (κ2) is 6.63. The van der Waals surface area contributed by atoms with Crippen LogP contribution in [-0.4, -0.2) is 12.8 Å². The van der Waals surface area contributed by atoms with Crippen molar-refractivity contribution in [2.75, 3.05) is 6.61 Å². The van der Waals surface area contributed by atoms with Gasteiger partial charge in [-0.3, -0.25) is 0 Å². The molecule has 1 aromatic carbocycles. The Bertz CT molecular complexity index is 168. The number of hydrogen-bond acceptors (Lipinski definition) is 2. The van der Waals surface area contributed by atoms with Gasteiger partial charge in [-0.25, -0.2) is 0 Å². The van der Waals surface area contributed by atoms with Crippen LogP contribution in [0.5, 0.6) is 0 Å². The molecule has 0 radical (unpaired) electrons. The van der Waals surface area contributed by atoms with E-state index >= 15 is 0 Å². The average Bonchev–Trinajstić information content (AvgIpc) is 2.22. The van der Waals surface area contributed by atoms with Gasteiger partial charge in [0.05, 0.1) is 0 Å². The quantitative estimate of drug-likeness (QED) is 0.662. The Kier molecular flexibility index (Phi) is 5.22. The van der Waals surface area contributed by atoms with Crippen molar-refractivity contribution in [2.45, 2.75) is 25.5 Å². The summed E-state index contributed by atoms with van der Waals surface area (Å²) in [5.74, 6) is 0. The summed E-state index contributed by atoms with van der Waals surface area (Å²) in [5, 5.41) is 0. The molecule has 0 spiro atoms. The van der Waals surface area contributed by atoms with Gasteiger partial charge in [-0.15, -0.1) is 0 Å². The lowest BCUT2D eigenvalue weighted by Crippen LogP contribution is -2.27. The zero-order valence-electron chi connectivity index (χ0n) is 7.86. The molecule has 2 heteroatoms. The van der Waals surface area contributed by atoms with E-state index in [1.165, 1.54) is 12.8 Å². The van der Waals surface area contributed by atoms with Crippen LogP contribution in [-0.2, 0) is 4.74 Å². The first-order chi connectivity index (χ1) is 6.39. The van der Waals surface area contributed by atoms with Gasteiger partial charge in [-0.05, 0) is 19.3 Å². The Morgan fingerprint density at radius 3 is 1.69 bits per heavy atom. The fourth-order valence-corrected chi connectivity index (χ4v) is 1.15. The molecule has 1 unspecified atom stereocenters. The monoisotopic (exact) mass is 179 g/mol. The lowest BCUT2D eigenvalue weighted by Gasteiger charge is -2.17. The van der Waals surface area contributed by atoms with E-state index in [1.807, 2.05) is 36.4 Å². The third-order valence-corrected chi connectivity index (χ3v) is 1.88. The molecule has 1 fully saturated rings. The smallest absolute Gasteiger partial charge is 0.105 e. The van der Waals surface area contributed by atoms with Crippen molar-refractivity contribution in [3.8, 4) is 0 Å². The van der Waals surface area contributed by atoms with Crippen LogP contribution in [0.2, 0.25) is 0 Å². The van der Waals surface area contributed by atoms with Crippen molar-refractivity contribution in [3.05, 3.63) is 36.4 Å². The fraction of sp³-hybridized carbons (Fsp3) is 0.455. The molecule has 0 amide bonds. The van der Waals surface area contributed by atoms with Crippen molar-refractivity contribution in [2.24, 2.45) is 5.73 Å². The molecular formula is C11H17NO. The summed E-state index contributed by atoms with van der Waals surface area (Å²) in [6.07, 6.45) is 3.50. The van der Waals surface area contributed by atoms with Crippen molar-refractivity contribution in [1.29, 1.82) is 0 Å². The van der Waals surface area contributed by atoms with Crippen molar-refractivity contribution >= 4 is 0 Å². The van der Waals surface area contributed by atoms with Gasteiger partial charge in [-0.2, -0.15) is 0 Å². The van der Waals surface area contributed by atoms with Crippen LogP contribution in [0.25, 0.3) is 0 Å². The molecule has 2 N–H and O–H groups in total. The van der Waals surface area contributed by atoms with E-state index < -0.39 is 0 Å². The Labute approximate surface area is 79.7 Å². The van der Waals surface area contributed by atoms with Gasteiger partial charge in [0, 0.05) is 6.61 Å². The minimum atomic E-state index is 0.0359. The average molecular weight is 179 g/mol. The van der Waals surface area contributed by atoms with Gasteiger partial charge in [0.15, 0.2) is 0 Å². The highest BCUT2D eigenvalue weighted by Crippen LogP contribution is 2.06. The first-order valence-electron chi connectivity index (χ1n) is 4.77. The van der Waals surface area contributed by atoms with Gasteiger partial charge in [0.25, 0.3) is 0 Å². The van der Waals surface area contributed by atoms with E-state index in [4.69, 9.17) is 10.5 Å². The van der Waals surface area contributed by atoms with E-state index in [1.54, 1.807) is 0 Å². The van der Waals surface area contributed by atoms with E-state index in [0.29, 0.717) is 0 Å². The molecule has 1 atom stereocenters. The first-order valence-corrected chi connectivity index (χ1v) is 4.77. The molecule has 1 aromatic rings. The van der Waals surface area contributed by atoms with Crippen LogP contribution in [0.15, 0.2) is 36.4 Å². The minimum Gasteiger partial charge on any atom is -0.364 e. The molecule has 1 heterocycles. The molecule has 0 saturated carbocycles. The van der Waals surface area contributed by atoms with E-state index in [2.05, 4.69) is 0 Å². The Hall–Kier alpha value is -0.860. The SMILES string of the molecule is NC1CCCCO1.c1ccccc1. The molecule has 0 bridgehead atoms. The Morgan fingerprint density at radius 1 is 0.923 bits per heavy atom. The van der Waals surface area contributed by atoms with Crippen molar-refractivity contribution < 1.29 is 4.74 Å². The molecular weight excluding hydrogens is 162 g/mol. The molecule has 1 aliphatic rings. The number of nitrogens with two attached hydrogens (primary N) is 1. The van der Waals surface area contributed by atoms with Gasteiger partial charge < -0.3 is 10.5 Å². The predicted molar refractivity (Wildman–Crippen MR) is 54.2 cm³/mol. The predicted octanol–water partition coefficient (Wildman–Crippen LogP) is 2.16. The Morgan fingerprint density at radius 2 is 1.46 bits per heavy atom. The first kappa shape index (κ1) is 10.2. The third kappa shape index (κ3) is 5.39. The number of rotatable bonds is 0. The Balaban J connectivity index is 0.000000132. The van der Waals surface area contributed by atoms with Gasteiger partial charge in [-0.1, -0.05) is 36.4 Å². The molecule has 1 saturated heterocycles. The van der Waals surface area contributed by atoms with E-state index in [9.17, 15) is 0 Å². The third-order valence-electron chi connectivity index (χ3n) is 1.88. The summed E-state index contributed by atoms with van der Waals surface area (Å²) in [7, 11) is 0. The van der Waals surface area contributed by atoms with Crippen molar-refractivity contribution in [1.82, 2.24) is 0 Å². The number of hydrogen-bond donors (Lipinski definition) is 1. The molecule has 2 rings (SSSR count). The maximum absolute atomic E-state index is 5.41. The van der Waals surface area contributed by atoms with Gasteiger partial charge in [0.1, 0.15) is 6.23 Å². The molecule has 0 aromatic heterocycles. The highest BCUT2D eigenvalue weighted by Gasteiger charge is 2.06. The van der Waals surface area contributed by atoms with E-state index in [-0.39, 0.29) is 6.23 Å². The normalized spacial score (nSPS) is 21.5. The summed E-state index contributed by atoms with van der Waals surface area (Å²) < 4.78 is 5.06. The lowest BCUT2D eigenvalue weighted by atomic mass is 10.2. The maximum Gasteiger partial charge on any atom is 0.105 e. The van der Waals surface area contributed by atoms with E-state index in [0.717, 1.165) is 13.0 Å². The summed E-state index contributed by atoms with van der Waals surface area (Å²) in [5.41, 5.74) is 5.41.